The molecule has 0 radical (unpaired) electrons. The average Bonchev–Trinajstić information content (AvgIpc) is 2.99. The topological polar surface area (TPSA) is 29.9 Å². The maximum Gasteiger partial charge on any atom is 0.0756 e. The van der Waals surface area contributed by atoms with Gasteiger partial charge < -0.3 is 5.32 Å². The number of aromatic nitrogens is 2. The Morgan fingerprint density at radius 2 is 2.05 bits per heavy atom. The van der Waals surface area contributed by atoms with E-state index in [0.717, 1.165) is 26.1 Å². The van der Waals surface area contributed by atoms with Crippen LogP contribution < -0.4 is 5.32 Å². The van der Waals surface area contributed by atoms with E-state index >= 15 is 0 Å². The smallest absolute Gasteiger partial charge is 0.0756 e. The Labute approximate surface area is 119 Å². The molecule has 0 aliphatic carbocycles. The Balaban J connectivity index is 1.95. The number of nitrogens with zero attached hydrogens (tertiary/aromatic N) is 2. The lowest BCUT2D eigenvalue weighted by Gasteiger charge is -2.09. The van der Waals surface area contributed by atoms with Crippen LogP contribution in [0, 0.1) is 5.92 Å². The highest BCUT2D eigenvalue weighted by Gasteiger charge is 2.05. The van der Waals surface area contributed by atoms with E-state index in [-0.39, 0.29) is 0 Å². The van der Waals surface area contributed by atoms with Crippen LogP contribution in [0.5, 0.6) is 0 Å². The third-order valence-corrected chi connectivity index (χ3v) is 4.25. The molecule has 2 aromatic rings. The lowest BCUT2D eigenvalue weighted by atomic mass is 10.2. The molecule has 104 valence electrons. The molecule has 0 saturated heterocycles. The van der Waals surface area contributed by atoms with Crippen molar-refractivity contribution in [1.29, 1.82) is 0 Å². The van der Waals surface area contributed by atoms with E-state index < -0.39 is 0 Å². The molecule has 1 N–H and O–H groups in total. The maximum atomic E-state index is 4.43. The molecular weight excluding hydrogens is 254 g/mol. The summed E-state index contributed by atoms with van der Waals surface area (Å²) < 4.78 is 2.10. The van der Waals surface area contributed by atoms with Gasteiger partial charge in [-0.15, -0.1) is 11.3 Å². The van der Waals surface area contributed by atoms with E-state index in [1.165, 1.54) is 15.4 Å². The van der Waals surface area contributed by atoms with Gasteiger partial charge in [-0.2, -0.15) is 5.10 Å². The van der Waals surface area contributed by atoms with Gasteiger partial charge in [0, 0.05) is 22.5 Å². The molecule has 0 aliphatic heterocycles. The highest BCUT2D eigenvalue weighted by molar-refractivity contribution is 7.11. The van der Waals surface area contributed by atoms with Gasteiger partial charge in [0.1, 0.15) is 0 Å². The quantitative estimate of drug-likeness (QED) is 0.841. The van der Waals surface area contributed by atoms with Crippen LogP contribution in [0.3, 0.4) is 0 Å². The molecule has 0 spiro atoms. The second kappa shape index (κ2) is 6.87. The monoisotopic (exact) mass is 277 g/mol. The third kappa shape index (κ3) is 4.18. The first-order valence-corrected chi connectivity index (χ1v) is 7.79. The number of rotatable bonds is 7. The largest absolute Gasteiger partial charge is 0.311 e. The summed E-state index contributed by atoms with van der Waals surface area (Å²) in [5.74, 6) is 0.681. The van der Waals surface area contributed by atoms with Gasteiger partial charge in [0.25, 0.3) is 0 Å². The minimum atomic E-state index is 0.681. The van der Waals surface area contributed by atoms with Gasteiger partial charge in [0.2, 0.25) is 0 Å². The van der Waals surface area contributed by atoms with Crippen LogP contribution in [0.15, 0.2) is 24.4 Å². The Bertz CT molecular complexity index is 499. The molecule has 2 rings (SSSR count). The molecule has 3 nitrogen and oxygen atoms in total. The third-order valence-electron chi connectivity index (χ3n) is 3.03. The van der Waals surface area contributed by atoms with Crippen molar-refractivity contribution in [2.24, 2.45) is 5.92 Å². The lowest BCUT2D eigenvalue weighted by Crippen LogP contribution is -2.21. The van der Waals surface area contributed by atoms with E-state index in [1.807, 2.05) is 17.5 Å². The highest BCUT2D eigenvalue weighted by atomic mass is 32.1. The summed E-state index contributed by atoms with van der Waals surface area (Å²) in [6.07, 6.45) is 3.01. The molecule has 0 saturated carbocycles. The summed E-state index contributed by atoms with van der Waals surface area (Å²) in [4.78, 5) is 2.83. The average molecular weight is 277 g/mol. The van der Waals surface area contributed by atoms with Gasteiger partial charge in [0.15, 0.2) is 0 Å². The summed E-state index contributed by atoms with van der Waals surface area (Å²) in [7, 11) is 0. The number of hydrogen-bond acceptors (Lipinski definition) is 3. The SMILES string of the molecule is CCc1ccc(Cn2nccc2CNCC(C)C)s1. The molecule has 0 unspecified atom stereocenters. The number of aryl methyl sites for hydroxylation is 1. The fourth-order valence-corrected chi connectivity index (χ4v) is 2.93. The van der Waals surface area contributed by atoms with E-state index in [1.54, 1.807) is 0 Å². The van der Waals surface area contributed by atoms with Crippen LogP contribution in [-0.2, 0) is 19.5 Å². The van der Waals surface area contributed by atoms with Crippen LogP contribution in [0.25, 0.3) is 0 Å². The van der Waals surface area contributed by atoms with Crippen LogP contribution in [0.2, 0.25) is 0 Å². The second-order valence-corrected chi connectivity index (χ2v) is 6.48. The number of nitrogens with one attached hydrogen (secondary N) is 1. The summed E-state index contributed by atoms with van der Waals surface area (Å²) in [6, 6.07) is 6.54. The summed E-state index contributed by atoms with van der Waals surface area (Å²) in [6.45, 7) is 9.47. The second-order valence-electron chi connectivity index (χ2n) is 5.23. The van der Waals surface area contributed by atoms with Gasteiger partial charge >= 0.3 is 0 Å². The fraction of sp³-hybridized carbons (Fsp3) is 0.533. The highest BCUT2D eigenvalue weighted by Crippen LogP contribution is 2.18. The predicted octanol–water partition coefficient (Wildman–Crippen LogP) is 3.30. The lowest BCUT2D eigenvalue weighted by molar-refractivity contribution is 0.530. The van der Waals surface area contributed by atoms with E-state index in [0.29, 0.717) is 5.92 Å². The van der Waals surface area contributed by atoms with Gasteiger partial charge in [-0.1, -0.05) is 20.8 Å². The molecule has 2 heterocycles. The molecule has 4 heteroatoms. The zero-order valence-electron chi connectivity index (χ0n) is 12.0. The Morgan fingerprint density at radius 3 is 2.74 bits per heavy atom. The molecule has 0 aromatic carbocycles. The molecule has 0 fully saturated rings. The summed E-state index contributed by atoms with van der Waals surface area (Å²) >= 11 is 1.89. The van der Waals surface area contributed by atoms with Gasteiger partial charge in [-0.25, -0.2) is 0 Å². The zero-order valence-corrected chi connectivity index (χ0v) is 12.8. The standard InChI is InChI=1S/C15H23N3S/c1-4-14-5-6-15(19-14)11-18-13(7-8-17-18)10-16-9-12(2)3/h5-8,12,16H,4,9-11H2,1-3H3. The zero-order chi connectivity index (χ0) is 13.7. The van der Waals surface area contributed by atoms with Crippen LogP contribution in [0.1, 0.15) is 36.2 Å². The fourth-order valence-electron chi connectivity index (χ4n) is 1.99. The maximum absolute atomic E-state index is 4.43. The first-order chi connectivity index (χ1) is 9.19. The van der Waals surface area contributed by atoms with Crippen molar-refractivity contribution in [3.05, 3.63) is 39.8 Å². The number of thiophene rings is 1. The molecule has 0 atom stereocenters. The molecule has 19 heavy (non-hydrogen) atoms. The summed E-state index contributed by atoms with van der Waals surface area (Å²) in [5.41, 5.74) is 1.26. The van der Waals surface area contributed by atoms with Crippen LogP contribution in [-0.4, -0.2) is 16.3 Å². The van der Waals surface area contributed by atoms with E-state index in [4.69, 9.17) is 0 Å². The minimum absolute atomic E-state index is 0.681. The van der Waals surface area contributed by atoms with Crippen molar-refractivity contribution in [2.75, 3.05) is 6.54 Å². The molecule has 0 amide bonds. The predicted molar refractivity (Wildman–Crippen MR) is 81.6 cm³/mol. The first-order valence-electron chi connectivity index (χ1n) is 6.98. The summed E-state index contributed by atoms with van der Waals surface area (Å²) in [5, 5.41) is 7.90. The van der Waals surface area contributed by atoms with Gasteiger partial charge in [-0.3, -0.25) is 4.68 Å². The molecule has 0 aliphatic rings. The number of hydrogen-bond donors (Lipinski definition) is 1. The van der Waals surface area contributed by atoms with Crippen molar-refractivity contribution in [2.45, 2.75) is 40.3 Å². The van der Waals surface area contributed by atoms with Crippen molar-refractivity contribution >= 4 is 11.3 Å². The van der Waals surface area contributed by atoms with Crippen LogP contribution >= 0.6 is 11.3 Å². The van der Waals surface area contributed by atoms with E-state index in [9.17, 15) is 0 Å². The van der Waals surface area contributed by atoms with Crippen molar-refractivity contribution < 1.29 is 0 Å². The molecular formula is C15H23N3S. The Kier molecular flexibility index (Phi) is 5.16. The van der Waals surface area contributed by atoms with Gasteiger partial charge in [0.05, 0.1) is 12.2 Å². The van der Waals surface area contributed by atoms with Crippen molar-refractivity contribution in [3.63, 3.8) is 0 Å². The van der Waals surface area contributed by atoms with Crippen molar-refractivity contribution in [1.82, 2.24) is 15.1 Å². The Morgan fingerprint density at radius 1 is 1.26 bits per heavy atom. The molecule has 2 aromatic heterocycles. The van der Waals surface area contributed by atoms with Gasteiger partial charge in [-0.05, 0) is 37.1 Å². The normalized spacial score (nSPS) is 11.4. The van der Waals surface area contributed by atoms with E-state index in [2.05, 4.69) is 54.1 Å². The van der Waals surface area contributed by atoms with Crippen molar-refractivity contribution in [3.8, 4) is 0 Å². The Hall–Kier alpha value is -1.13. The minimum Gasteiger partial charge on any atom is -0.311 e. The molecule has 0 bridgehead atoms. The van der Waals surface area contributed by atoms with Crippen LogP contribution in [0.4, 0.5) is 0 Å². The first kappa shape index (κ1) is 14.3.